The molecule has 0 bridgehead atoms. The molecule has 1 amide bonds. The first kappa shape index (κ1) is 14.4. The van der Waals surface area contributed by atoms with E-state index in [9.17, 15) is 4.79 Å². The molecule has 0 fully saturated rings. The average Bonchev–Trinajstić information content (AvgIpc) is 3.17. The quantitative estimate of drug-likeness (QED) is 0.855. The smallest absolute Gasteiger partial charge is 0.252 e. The van der Waals surface area contributed by atoms with Crippen molar-refractivity contribution in [2.24, 2.45) is 0 Å². The van der Waals surface area contributed by atoms with Gasteiger partial charge in [-0.25, -0.2) is 0 Å². The highest BCUT2D eigenvalue weighted by atomic mass is 16.2. The van der Waals surface area contributed by atoms with E-state index in [4.69, 9.17) is 0 Å². The number of hydrogen-bond acceptors (Lipinski definition) is 3. The van der Waals surface area contributed by atoms with Crippen LogP contribution in [0.5, 0.6) is 0 Å². The molecule has 1 aromatic carbocycles. The third-order valence-corrected chi connectivity index (χ3v) is 5.35. The van der Waals surface area contributed by atoms with Crippen molar-refractivity contribution in [2.45, 2.75) is 24.8 Å². The SMILES string of the molecule is CN(C)[C@]1(C(=O)N2CCc3cnccc32)CCc2ccccc21. The zero-order valence-electron chi connectivity index (χ0n) is 13.6. The molecule has 0 N–H and O–H groups in total. The third-order valence-electron chi connectivity index (χ3n) is 5.35. The molecule has 4 nitrogen and oxygen atoms in total. The second-order valence-corrected chi connectivity index (χ2v) is 6.62. The molecule has 0 radical (unpaired) electrons. The van der Waals surface area contributed by atoms with Gasteiger partial charge in [0.15, 0.2) is 0 Å². The number of anilines is 1. The molecule has 1 aliphatic carbocycles. The lowest BCUT2D eigenvalue weighted by molar-refractivity contribution is -0.129. The van der Waals surface area contributed by atoms with Gasteiger partial charge in [0.05, 0.1) is 5.69 Å². The van der Waals surface area contributed by atoms with Gasteiger partial charge in [-0.1, -0.05) is 24.3 Å². The Morgan fingerprint density at radius 3 is 2.83 bits per heavy atom. The van der Waals surface area contributed by atoms with Gasteiger partial charge >= 0.3 is 0 Å². The second kappa shape index (κ2) is 5.17. The predicted octanol–water partition coefficient (Wildman–Crippen LogP) is 2.37. The summed E-state index contributed by atoms with van der Waals surface area (Å²) >= 11 is 0. The Balaban J connectivity index is 1.80. The summed E-state index contributed by atoms with van der Waals surface area (Å²) in [6.07, 6.45) is 6.34. The number of aromatic nitrogens is 1. The number of carbonyl (C=O) groups excluding carboxylic acids is 1. The molecule has 23 heavy (non-hydrogen) atoms. The topological polar surface area (TPSA) is 36.4 Å². The molecule has 2 aliphatic rings. The van der Waals surface area contributed by atoms with Crippen molar-refractivity contribution < 1.29 is 4.79 Å². The van der Waals surface area contributed by atoms with Gasteiger partial charge in [0.1, 0.15) is 5.54 Å². The largest absolute Gasteiger partial charge is 0.310 e. The van der Waals surface area contributed by atoms with Gasteiger partial charge in [-0.15, -0.1) is 0 Å². The van der Waals surface area contributed by atoms with Crippen LogP contribution in [0.3, 0.4) is 0 Å². The van der Waals surface area contributed by atoms with E-state index >= 15 is 0 Å². The minimum atomic E-state index is -0.554. The molecule has 0 spiro atoms. The molecule has 1 atom stereocenters. The van der Waals surface area contributed by atoms with E-state index in [1.807, 2.05) is 37.3 Å². The van der Waals surface area contributed by atoms with Gasteiger partial charge in [-0.3, -0.25) is 14.7 Å². The third kappa shape index (κ3) is 1.94. The van der Waals surface area contributed by atoms with Crippen LogP contribution in [0.25, 0.3) is 0 Å². The highest BCUT2D eigenvalue weighted by molar-refractivity contribution is 6.03. The Morgan fingerprint density at radius 2 is 2.00 bits per heavy atom. The highest BCUT2D eigenvalue weighted by Gasteiger charge is 2.50. The summed E-state index contributed by atoms with van der Waals surface area (Å²) in [6.45, 7) is 0.748. The van der Waals surface area contributed by atoms with Crippen molar-refractivity contribution in [2.75, 3.05) is 25.5 Å². The summed E-state index contributed by atoms with van der Waals surface area (Å²) in [5, 5.41) is 0. The first-order chi connectivity index (χ1) is 11.1. The minimum absolute atomic E-state index is 0.192. The minimum Gasteiger partial charge on any atom is -0.310 e. The van der Waals surface area contributed by atoms with E-state index in [2.05, 4.69) is 28.1 Å². The Hall–Kier alpha value is -2.20. The second-order valence-electron chi connectivity index (χ2n) is 6.62. The van der Waals surface area contributed by atoms with Crippen LogP contribution in [-0.2, 0) is 23.2 Å². The van der Waals surface area contributed by atoms with E-state index < -0.39 is 5.54 Å². The fourth-order valence-corrected chi connectivity index (χ4v) is 4.13. The number of amides is 1. The van der Waals surface area contributed by atoms with Crippen LogP contribution in [0.1, 0.15) is 23.1 Å². The van der Waals surface area contributed by atoms with E-state index in [1.165, 1.54) is 11.1 Å². The zero-order chi connectivity index (χ0) is 16.0. The average molecular weight is 307 g/mol. The number of hydrogen-bond donors (Lipinski definition) is 0. The molecule has 118 valence electrons. The summed E-state index contributed by atoms with van der Waals surface area (Å²) in [4.78, 5) is 21.8. The molecule has 0 saturated carbocycles. The van der Waals surface area contributed by atoms with E-state index in [1.54, 1.807) is 6.20 Å². The normalized spacial score (nSPS) is 22.3. The van der Waals surface area contributed by atoms with Crippen molar-refractivity contribution in [3.63, 3.8) is 0 Å². The first-order valence-corrected chi connectivity index (χ1v) is 8.15. The van der Waals surface area contributed by atoms with Crippen molar-refractivity contribution >= 4 is 11.6 Å². The van der Waals surface area contributed by atoms with Crippen LogP contribution in [0.2, 0.25) is 0 Å². The van der Waals surface area contributed by atoms with Gasteiger partial charge < -0.3 is 4.90 Å². The van der Waals surface area contributed by atoms with Crippen molar-refractivity contribution in [1.29, 1.82) is 0 Å². The van der Waals surface area contributed by atoms with E-state index in [0.29, 0.717) is 0 Å². The molecule has 4 rings (SSSR count). The van der Waals surface area contributed by atoms with Crippen molar-refractivity contribution in [3.8, 4) is 0 Å². The number of aryl methyl sites for hydroxylation is 1. The molecule has 2 aromatic rings. The maximum absolute atomic E-state index is 13.6. The van der Waals surface area contributed by atoms with E-state index in [-0.39, 0.29) is 5.91 Å². The summed E-state index contributed by atoms with van der Waals surface area (Å²) < 4.78 is 0. The molecule has 1 aromatic heterocycles. The fourth-order valence-electron chi connectivity index (χ4n) is 4.13. The highest BCUT2D eigenvalue weighted by Crippen LogP contribution is 2.43. The van der Waals surface area contributed by atoms with E-state index in [0.717, 1.165) is 37.1 Å². The summed E-state index contributed by atoms with van der Waals surface area (Å²) in [7, 11) is 4.03. The maximum atomic E-state index is 13.6. The number of likely N-dealkylation sites (N-methyl/N-ethyl adjacent to an activating group) is 1. The molecule has 2 heterocycles. The van der Waals surface area contributed by atoms with Gasteiger partial charge in [0.25, 0.3) is 5.91 Å². The van der Waals surface area contributed by atoms with Crippen molar-refractivity contribution in [3.05, 3.63) is 59.4 Å². The maximum Gasteiger partial charge on any atom is 0.252 e. The number of carbonyl (C=O) groups is 1. The summed E-state index contributed by atoms with van der Waals surface area (Å²) in [5.74, 6) is 0.192. The van der Waals surface area contributed by atoms with Crippen LogP contribution >= 0.6 is 0 Å². The van der Waals surface area contributed by atoms with Crippen LogP contribution in [0.15, 0.2) is 42.7 Å². The molecule has 4 heteroatoms. The Morgan fingerprint density at radius 1 is 1.17 bits per heavy atom. The Bertz CT molecular complexity index is 771. The molecule has 1 aliphatic heterocycles. The van der Waals surface area contributed by atoms with Gasteiger partial charge in [0, 0.05) is 18.9 Å². The first-order valence-electron chi connectivity index (χ1n) is 8.15. The lowest BCUT2D eigenvalue weighted by Gasteiger charge is -2.39. The van der Waals surface area contributed by atoms with Crippen LogP contribution in [-0.4, -0.2) is 36.4 Å². The number of pyridine rings is 1. The van der Waals surface area contributed by atoms with Crippen LogP contribution in [0.4, 0.5) is 5.69 Å². The molecule has 0 saturated heterocycles. The van der Waals surface area contributed by atoms with Crippen LogP contribution in [0, 0.1) is 0 Å². The number of rotatable bonds is 2. The Labute approximate surface area is 136 Å². The lowest BCUT2D eigenvalue weighted by Crippen LogP contribution is -2.53. The number of nitrogens with zero attached hydrogens (tertiary/aromatic N) is 3. The van der Waals surface area contributed by atoms with Crippen LogP contribution < -0.4 is 4.90 Å². The summed E-state index contributed by atoms with van der Waals surface area (Å²) in [5.41, 5.74) is 4.10. The number of benzene rings is 1. The molecular formula is C19H21N3O. The van der Waals surface area contributed by atoms with Crippen molar-refractivity contribution in [1.82, 2.24) is 9.88 Å². The standard InChI is InChI=1S/C19H21N3O/c1-21(2)19(10-7-14-5-3-4-6-16(14)19)18(23)22-12-9-15-13-20-11-8-17(15)22/h3-6,8,11,13H,7,9-10,12H2,1-2H3/t19-/m1/s1. The monoisotopic (exact) mass is 307 g/mol. The number of fused-ring (bicyclic) bond motifs is 2. The van der Waals surface area contributed by atoms with Gasteiger partial charge in [-0.05, 0) is 56.1 Å². The molecule has 0 unspecified atom stereocenters. The zero-order valence-corrected chi connectivity index (χ0v) is 13.6. The predicted molar refractivity (Wildman–Crippen MR) is 90.4 cm³/mol. The fraction of sp³-hybridized carbons (Fsp3) is 0.368. The van der Waals surface area contributed by atoms with Gasteiger partial charge in [-0.2, -0.15) is 0 Å². The van der Waals surface area contributed by atoms with Gasteiger partial charge in [0.2, 0.25) is 0 Å². The molecular weight excluding hydrogens is 286 g/mol. The lowest BCUT2D eigenvalue weighted by atomic mass is 9.88. The summed E-state index contributed by atoms with van der Waals surface area (Å²) in [6, 6.07) is 10.3. The Kier molecular flexibility index (Phi) is 3.23.